The molecule has 0 saturated carbocycles. The maximum absolute atomic E-state index is 11.9. The quantitative estimate of drug-likeness (QED) is 0.125. The van der Waals surface area contributed by atoms with Crippen LogP contribution in [0.5, 0.6) is 11.5 Å². The van der Waals surface area contributed by atoms with Gasteiger partial charge in [-0.1, -0.05) is 212 Å². The van der Waals surface area contributed by atoms with Gasteiger partial charge in [0.1, 0.15) is 11.5 Å². The minimum Gasteiger partial charge on any atom is -0.460 e. The third-order valence-electron chi connectivity index (χ3n) is 24.9. The molecule has 0 amide bonds. The molecule has 12 aromatic rings. The highest BCUT2D eigenvalue weighted by Crippen LogP contribution is 2.54. The lowest BCUT2D eigenvalue weighted by Crippen LogP contribution is -2.66. The average Bonchev–Trinajstić information content (AvgIpc) is 0.679. The number of nitrogens with zero attached hydrogens (tertiary/aromatic N) is 8. The average molecular weight is 1470 g/mol. The Labute approximate surface area is 669 Å². The summed E-state index contributed by atoms with van der Waals surface area (Å²) in [6.07, 6.45) is 0. The predicted octanol–water partition coefficient (Wildman–Crippen LogP) is 20.9. The molecule has 12 heteroatoms. The molecule has 0 radical (unpaired) electrons. The van der Waals surface area contributed by atoms with Gasteiger partial charge in [-0.05, 0) is 265 Å². The highest BCUT2D eigenvalue weighted by molar-refractivity contribution is 7.04. The molecule has 0 saturated heterocycles. The van der Waals surface area contributed by atoms with E-state index in [1.165, 1.54) is 44.4 Å². The fourth-order valence-corrected chi connectivity index (χ4v) is 19.5. The van der Waals surface area contributed by atoms with Crippen LogP contribution >= 0.6 is 0 Å². The van der Waals surface area contributed by atoms with Gasteiger partial charge in [0.2, 0.25) is 0 Å². The molecule has 0 bridgehead atoms. The van der Waals surface area contributed by atoms with Crippen molar-refractivity contribution in [3.05, 3.63) is 278 Å². The van der Waals surface area contributed by atoms with Crippen LogP contribution in [0.15, 0.2) is 194 Å². The topological polar surface area (TPSA) is 77.4 Å². The summed E-state index contributed by atoms with van der Waals surface area (Å²) in [7, 11) is 0. The maximum Gasteiger partial charge on any atom is 0.256 e. The summed E-state index contributed by atoms with van der Waals surface area (Å²) < 4.78 is 7.25. The normalized spacial score (nSPS) is 14.1. The van der Waals surface area contributed by atoms with Crippen LogP contribution < -0.4 is 78.4 Å². The Balaban J connectivity index is 1.02. The van der Waals surface area contributed by atoms with Gasteiger partial charge in [-0.15, -0.1) is 0 Å². The Bertz CT molecular complexity index is 6230. The first kappa shape index (κ1) is 72.6. The monoisotopic (exact) mass is 1470 g/mol. The van der Waals surface area contributed by atoms with Crippen LogP contribution in [-0.2, 0) is 27.1 Å². The Hall–Kier alpha value is -11.9. The molecular formula is C101H95B3N8O. The van der Waals surface area contributed by atoms with E-state index in [0.717, 1.165) is 157 Å². The van der Waals surface area contributed by atoms with E-state index in [-0.39, 0.29) is 40.5 Å². The lowest BCUT2D eigenvalue weighted by Gasteiger charge is -2.48. The van der Waals surface area contributed by atoms with E-state index in [2.05, 4.69) is 375 Å². The number of aryl methyl sites for hydroxylation is 6. The number of hydrogen-bond acceptors (Lipinski definition) is 8. The van der Waals surface area contributed by atoms with Crippen molar-refractivity contribution < 1.29 is 4.74 Å². The Morgan fingerprint density at radius 3 is 0.973 bits per heavy atom. The van der Waals surface area contributed by atoms with Crippen molar-refractivity contribution in [2.45, 2.75) is 172 Å². The predicted molar refractivity (Wildman–Crippen MR) is 478 cm³/mol. The van der Waals surface area contributed by atoms with Crippen molar-refractivity contribution in [3.63, 3.8) is 0 Å². The van der Waals surface area contributed by atoms with Crippen LogP contribution in [-0.4, -0.2) is 20.1 Å². The Morgan fingerprint density at radius 1 is 0.301 bits per heavy atom. The smallest absolute Gasteiger partial charge is 0.256 e. The van der Waals surface area contributed by atoms with Gasteiger partial charge in [0.05, 0.1) is 41.2 Å². The number of benzene rings is 12. The van der Waals surface area contributed by atoms with Crippen LogP contribution in [0.25, 0.3) is 4.85 Å². The van der Waals surface area contributed by atoms with Crippen molar-refractivity contribution >= 4 is 160 Å². The molecule has 9 nitrogen and oxygen atoms in total. The van der Waals surface area contributed by atoms with E-state index in [9.17, 15) is 10.5 Å². The van der Waals surface area contributed by atoms with Gasteiger partial charge in [0, 0.05) is 73.9 Å². The molecule has 6 aliphatic heterocycles. The number of anilines is 15. The Kier molecular flexibility index (Phi) is 16.1. The fraction of sp³-hybridized carbons (Fsp3) is 0.257. The second-order valence-corrected chi connectivity index (χ2v) is 38.0. The van der Waals surface area contributed by atoms with E-state index in [1.54, 1.807) is 0 Å². The van der Waals surface area contributed by atoms with Gasteiger partial charge in [-0.3, -0.25) is 0 Å². The van der Waals surface area contributed by atoms with E-state index < -0.39 is 6.71 Å². The second-order valence-electron chi connectivity index (χ2n) is 38.0. The fourth-order valence-electron chi connectivity index (χ4n) is 19.5. The largest absolute Gasteiger partial charge is 0.460 e. The first-order chi connectivity index (χ1) is 53.5. The molecule has 0 N–H and O–H groups in total. The lowest BCUT2D eigenvalue weighted by molar-refractivity contribution is 0.486. The molecule has 0 spiro atoms. The van der Waals surface area contributed by atoms with Crippen LogP contribution in [0.2, 0.25) is 0 Å². The molecule has 12 aromatic carbocycles. The van der Waals surface area contributed by atoms with Gasteiger partial charge >= 0.3 is 0 Å². The molecule has 0 fully saturated rings. The van der Waals surface area contributed by atoms with Crippen LogP contribution in [0.3, 0.4) is 0 Å². The van der Waals surface area contributed by atoms with Crippen molar-refractivity contribution in [3.8, 4) is 23.6 Å². The highest BCUT2D eigenvalue weighted by Gasteiger charge is 2.52. The molecule has 0 aliphatic carbocycles. The summed E-state index contributed by atoms with van der Waals surface area (Å²) in [4.78, 5) is 16.6. The zero-order valence-electron chi connectivity index (χ0n) is 69.2. The number of nitriles is 2. The summed E-state index contributed by atoms with van der Waals surface area (Å²) in [5.74, 6) is 1.45. The molecule has 113 heavy (non-hydrogen) atoms. The second kappa shape index (κ2) is 25.1. The first-order valence-electron chi connectivity index (χ1n) is 40.0. The molecule has 0 unspecified atom stereocenters. The van der Waals surface area contributed by atoms with Gasteiger partial charge < -0.3 is 29.2 Å². The van der Waals surface area contributed by atoms with Crippen LogP contribution in [0, 0.1) is 70.8 Å². The third kappa shape index (κ3) is 11.3. The summed E-state index contributed by atoms with van der Waals surface area (Å²) in [6.45, 7) is 55.2. The standard InChI is InChI=1S/C101H95B3N8O/c1-57-39-59(3)95(60(4)40-57)111-83-53-81-75(102-74-47-68(100(16,17)18)29-37-80(74)108(71-31-23-65(24-32-71)97(7,8)9)85-43-63(55-105)44-86(92(85)102)109(81)72-33-25-66(26-34-72)98(10,11)12)51-77(83)103-76-52-78-84(54-82(76)110(73-35-27-67(28-36-73)99(13,14)15)87-45-64(56-106)46-88(111)93(87)103)112(96-61(5)41-58(2)42-62(96)6)89-49-70(107-22)50-91-94(89)104(78)79-48-69(101(19,20)21)30-38-90(79)113-91/h23-54H,1-21H3. The lowest BCUT2D eigenvalue weighted by atomic mass is 9.29. The minimum absolute atomic E-state index is 0.0813. The highest BCUT2D eigenvalue weighted by atomic mass is 16.5. The summed E-state index contributed by atoms with van der Waals surface area (Å²) in [5, 5.41) is 23.5. The molecule has 0 aromatic heterocycles. The van der Waals surface area contributed by atoms with Gasteiger partial charge in [-0.25, -0.2) is 4.85 Å². The zero-order valence-corrected chi connectivity index (χ0v) is 69.2. The molecular weight excluding hydrogens is 1370 g/mol. The number of hydrogen-bond donors (Lipinski definition) is 0. The molecule has 0 atom stereocenters. The molecule has 6 aliphatic rings. The molecule has 554 valence electrons. The van der Waals surface area contributed by atoms with E-state index >= 15 is 0 Å². The van der Waals surface area contributed by atoms with Crippen molar-refractivity contribution in [2.24, 2.45) is 0 Å². The maximum atomic E-state index is 11.9. The number of fused-ring (bicyclic) bond motifs is 12. The van der Waals surface area contributed by atoms with Crippen molar-refractivity contribution in [1.29, 1.82) is 10.5 Å². The van der Waals surface area contributed by atoms with Crippen LogP contribution in [0.1, 0.15) is 176 Å². The van der Waals surface area contributed by atoms with E-state index in [1.807, 2.05) is 6.07 Å². The summed E-state index contributed by atoms with van der Waals surface area (Å²) in [6, 6.07) is 78.9. The zero-order chi connectivity index (χ0) is 79.7. The summed E-state index contributed by atoms with van der Waals surface area (Å²) >= 11 is 0. The van der Waals surface area contributed by atoms with E-state index in [4.69, 9.17) is 11.3 Å². The summed E-state index contributed by atoms with van der Waals surface area (Å²) in [5.41, 5.74) is 38.6. The number of rotatable bonds is 5. The third-order valence-corrected chi connectivity index (χ3v) is 24.9. The van der Waals surface area contributed by atoms with Gasteiger partial charge in [0.25, 0.3) is 20.1 Å². The Morgan fingerprint density at radius 2 is 0.611 bits per heavy atom. The van der Waals surface area contributed by atoms with E-state index in [0.29, 0.717) is 22.6 Å². The SMILES string of the molecule is [C-]#[N+]c1cc2c3c(c1)N(c1c(C)cc(C)cc1C)c1cc4c(cc1B3c1cc(C(C)(C)C)ccc1O2)B1c2cc3c(cc2N(c2c(C)cc(C)cc2C)c2cc(C#N)cc(c21)N4c1ccc(C(C)(C)C)cc1)N(c1ccc(C(C)(C)C)cc1)c1cc(C#N)cc2c1B3c1cc(C(C)(C)C)ccc1N2c1ccc(C(C)(C)C)cc1. The molecule has 18 rings (SSSR count). The van der Waals surface area contributed by atoms with Crippen LogP contribution in [0.4, 0.5) is 91.0 Å². The van der Waals surface area contributed by atoms with Crippen molar-refractivity contribution in [2.75, 3.05) is 24.5 Å². The van der Waals surface area contributed by atoms with Crippen molar-refractivity contribution in [1.82, 2.24) is 0 Å². The minimum atomic E-state index is -0.453. The first-order valence-corrected chi connectivity index (χ1v) is 40.0. The van der Waals surface area contributed by atoms with Gasteiger partial charge in [-0.2, -0.15) is 10.5 Å². The molecule has 6 heterocycles. The van der Waals surface area contributed by atoms with Gasteiger partial charge in [0.15, 0.2) is 5.69 Å². The number of ether oxygens (including phenoxy) is 1.